The van der Waals surface area contributed by atoms with Crippen molar-refractivity contribution in [1.29, 1.82) is 0 Å². The van der Waals surface area contributed by atoms with Crippen LogP contribution in [0.3, 0.4) is 0 Å². The normalized spacial score (nSPS) is 9.58. The monoisotopic (exact) mass is 282 g/mol. The Labute approximate surface area is 116 Å². The van der Waals surface area contributed by atoms with Gasteiger partial charge in [-0.25, -0.2) is 4.79 Å². The van der Waals surface area contributed by atoms with Crippen LogP contribution < -0.4 is 15.4 Å². The number of aryl methyl sites for hydroxylation is 1. The lowest BCUT2D eigenvalue weighted by atomic mass is 10.2. The summed E-state index contributed by atoms with van der Waals surface area (Å²) in [5.74, 6) is 0.0157. The van der Waals surface area contributed by atoms with Crippen molar-refractivity contribution in [3.05, 3.63) is 41.4 Å². The summed E-state index contributed by atoms with van der Waals surface area (Å²) >= 11 is 5.80. The first-order valence-corrected chi connectivity index (χ1v) is 5.98. The highest BCUT2D eigenvalue weighted by Gasteiger charge is 2.08. The van der Waals surface area contributed by atoms with Crippen LogP contribution in [-0.4, -0.2) is 25.1 Å². The molecule has 0 aliphatic rings. The van der Waals surface area contributed by atoms with Gasteiger partial charge in [0.2, 0.25) is 0 Å². The van der Waals surface area contributed by atoms with E-state index in [1.165, 1.54) is 6.08 Å². The number of carbonyl (C=O) groups excluding carboxylic acids is 2. The van der Waals surface area contributed by atoms with E-state index in [1.54, 1.807) is 18.2 Å². The van der Waals surface area contributed by atoms with E-state index in [0.29, 0.717) is 10.8 Å². The van der Waals surface area contributed by atoms with Crippen LogP contribution in [0.4, 0.5) is 4.79 Å². The van der Waals surface area contributed by atoms with Gasteiger partial charge in [0.05, 0.1) is 0 Å². The molecule has 0 bridgehead atoms. The number of urea groups is 1. The predicted molar refractivity (Wildman–Crippen MR) is 73.4 cm³/mol. The molecule has 0 fully saturated rings. The number of halogens is 1. The molecule has 2 N–H and O–H groups in total. The van der Waals surface area contributed by atoms with Gasteiger partial charge in [0, 0.05) is 11.6 Å². The molecule has 1 aromatic rings. The van der Waals surface area contributed by atoms with E-state index in [4.69, 9.17) is 16.3 Å². The Balaban J connectivity index is 2.41. The number of rotatable bonds is 5. The third-order valence-corrected chi connectivity index (χ3v) is 2.39. The van der Waals surface area contributed by atoms with E-state index >= 15 is 0 Å². The van der Waals surface area contributed by atoms with Crippen molar-refractivity contribution < 1.29 is 14.3 Å². The minimum Gasteiger partial charge on any atom is -0.483 e. The number of ether oxygens (including phenoxy) is 1. The van der Waals surface area contributed by atoms with Gasteiger partial charge in [0.15, 0.2) is 6.61 Å². The summed E-state index contributed by atoms with van der Waals surface area (Å²) in [6, 6.07) is 4.48. The Morgan fingerprint density at radius 1 is 1.47 bits per heavy atom. The number of carbonyl (C=O) groups is 2. The molecular weight excluding hydrogens is 268 g/mol. The summed E-state index contributed by atoms with van der Waals surface area (Å²) in [6.45, 7) is 5.30. The van der Waals surface area contributed by atoms with Gasteiger partial charge in [-0.3, -0.25) is 10.1 Å². The maximum atomic E-state index is 11.4. The largest absolute Gasteiger partial charge is 0.483 e. The zero-order chi connectivity index (χ0) is 14.3. The molecule has 0 saturated carbocycles. The lowest BCUT2D eigenvalue weighted by Crippen LogP contribution is -2.41. The van der Waals surface area contributed by atoms with Crippen molar-refractivity contribution in [3.63, 3.8) is 0 Å². The molecule has 6 heteroatoms. The molecule has 0 atom stereocenters. The van der Waals surface area contributed by atoms with E-state index in [1.807, 2.05) is 6.92 Å². The number of hydrogen-bond donors (Lipinski definition) is 2. The van der Waals surface area contributed by atoms with Gasteiger partial charge in [-0.1, -0.05) is 17.7 Å². The molecule has 0 aliphatic carbocycles. The zero-order valence-corrected chi connectivity index (χ0v) is 11.3. The number of hydrogen-bond acceptors (Lipinski definition) is 3. The van der Waals surface area contributed by atoms with Gasteiger partial charge in [-0.2, -0.15) is 0 Å². The molecule has 1 aromatic carbocycles. The summed E-state index contributed by atoms with van der Waals surface area (Å²) in [6.07, 6.45) is 1.51. The first-order chi connectivity index (χ1) is 9.02. The van der Waals surface area contributed by atoms with Crippen LogP contribution in [0.15, 0.2) is 30.9 Å². The van der Waals surface area contributed by atoms with Crippen LogP contribution in [0.5, 0.6) is 5.75 Å². The maximum absolute atomic E-state index is 11.4. The maximum Gasteiger partial charge on any atom is 0.321 e. The van der Waals surface area contributed by atoms with Gasteiger partial charge >= 0.3 is 6.03 Å². The fraction of sp³-hybridized carbons (Fsp3) is 0.231. The first-order valence-electron chi connectivity index (χ1n) is 5.60. The molecule has 5 nitrogen and oxygen atoms in total. The summed E-state index contributed by atoms with van der Waals surface area (Å²) < 4.78 is 5.29. The zero-order valence-electron chi connectivity index (χ0n) is 10.5. The predicted octanol–water partition coefficient (Wildman–Crippen LogP) is 2.04. The van der Waals surface area contributed by atoms with E-state index in [0.717, 1.165) is 5.56 Å². The van der Waals surface area contributed by atoms with Gasteiger partial charge in [0.1, 0.15) is 5.75 Å². The summed E-state index contributed by atoms with van der Waals surface area (Å²) in [7, 11) is 0. The SMILES string of the molecule is C=CCNC(=O)NC(=O)COc1ccc(Cl)cc1C. The first kappa shape index (κ1) is 15.0. The van der Waals surface area contributed by atoms with Crippen LogP contribution in [-0.2, 0) is 4.79 Å². The number of imide groups is 1. The van der Waals surface area contributed by atoms with E-state index in [-0.39, 0.29) is 13.2 Å². The molecule has 0 unspecified atom stereocenters. The molecule has 102 valence electrons. The van der Waals surface area contributed by atoms with Crippen molar-refractivity contribution in [2.75, 3.05) is 13.2 Å². The third kappa shape index (κ3) is 5.44. The second-order valence-electron chi connectivity index (χ2n) is 3.75. The van der Waals surface area contributed by atoms with Crippen LogP contribution >= 0.6 is 11.6 Å². The highest BCUT2D eigenvalue weighted by Crippen LogP contribution is 2.21. The number of nitrogens with one attached hydrogen (secondary N) is 2. The highest BCUT2D eigenvalue weighted by atomic mass is 35.5. The average molecular weight is 283 g/mol. The molecule has 3 amide bonds. The molecule has 0 radical (unpaired) electrons. The van der Waals surface area contributed by atoms with Crippen LogP contribution in [0.1, 0.15) is 5.56 Å². The summed E-state index contributed by atoms with van der Waals surface area (Å²) in [5, 5.41) is 5.14. The molecule has 0 heterocycles. The Morgan fingerprint density at radius 3 is 2.84 bits per heavy atom. The van der Waals surface area contributed by atoms with Crippen LogP contribution in [0.2, 0.25) is 5.02 Å². The fourth-order valence-corrected chi connectivity index (χ4v) is 1.52. The number of benzene rings is 1. The van der Waals surface area contributed by atoms with Crippen molar-refractivity contribution in [1.82, 2.24) is 10.6 Å². The summed E-state index contributed by atoms with van der Waals surface area (Å²) in [4.78, 5) is 22.6. The molecule has 0 aliphatic heterocycles. The molecule has 0 saturated heterocycles. The fourth-order valence-electron chi connectivity index (χ4n) is 1.29. The lowest BCUT2D eigenvalue weighted by molar-refractivity contribution is -0.122. The van der Waals surface area contributed by atoms with Gasteiger partial charge in [0.25, 0.3) is 5.91 Å². The van der Waals surface area contributed by atoms with Crippen molar-refractivity contribution in [2.24, 2.45) is 0 Å². The molecule has 19 heavy (non-hydrogen) atoms. The molecule has 0 spiro atoms. The number of amides is 3. The van der Waals surface area contributed by atoms with Crippen molar-refractivity contribution >= 4 is 23.5 Å². The standard InChI is InChI=1S/C13H15ClN2O3/c1-3-6-15-13(18)16-12(17)8-19-11-5-4-10(14)7-9(11)2/h3-5,7H,1,6,8H2,2H3,(H2,15,16,17,18). The Kier molecular flexibility index (Phi) is 5.89. The smallest absolute Gasteiger partial charge is 0.321 e. The van der Waals surface area contributed by atoms with Crippen molar-refractivity contribution in [2.45, 2.75) is 6.92 Å². The van der Waals surface area contributed by atoms with E-state index in [9.17, 15) is 9.59 Å². The van der Waals surface area contributed by atoms with Gasteiger partial charge in [-0.15, -0.1) is 6.58 Å². The second-order valence-corrected chi connectivity index (χ2v) is 4.18. The molecule has 1 rings (SSSR count). The Morgan fingerprint density at radius 2 is 2.21 bits per heavy atom. The minimum atomic E-state index is -0.582. The summed E-state index contributed by atoms with van der Waals surface area (Å²) in [5.41, 5.74) is 0.816. The van der Waals surface area contributed by atoms with Gasteiger partial charge < -0.3 is 10.1 Å². The van der Waals surface area contributed by atoms with E-state index < -0.39 is 11.9 Å². The topological polar surface area (TPSA) is 67.4 Å². The highest BCUT2D eigenvalue weighted by molar-refractivity contribution is 6.30. The second kappa shape index (κ2) is 7.43. The van der Waals surface area contributed by atoms with Crippen molar-refractivity contribution in [3.8, 4) is 5.75 Å². The Hall–Kier alpha value is -2.01. The lowest BCUT2D eigenvalue weighted by Gasteiger charge is -2.09. The minimum absolute atomic E-state index is 0.246. The molecular formula is C13H15ClN2O3. The average Bonchev–Trinajstić information content (AvgIpc) is 2.35. The molecule has 0 aromatic heterocycles. The van der Waals surface area contributed by atoms with Crippen LogP contribution in [0, 0.1) is 6.92 Å². The van der Waals surface area contributed by atoms with Gasteiger partial charge in [-0.05, 0) is 30.7 Å². The third-order valence-electron chi connectivity index (χ3n) is 2.16. The van der Waals surface area contributed by atoms with Crippen LogP contribution in [0.25, 0.3) is 0 Å². The Bertz CT molecular complexity index is 489. The quantitative estimate of drug-likeness (QED) is 0.812. The van der Waals surface area contributed by atoms with E-state index in [2.05, 4.69) is 17.2 Å².